The third-order valence-electron chi connectivity index (χ3n) is 3.31. The standard InChI is InChI=1S/C12H22N2O2S/c15-12(14-6-4-13-5-7-14)3-10-17-11-1-8-16-9-2-11/h11,13H,1-10H2. The topological polar surface area (TPSA) is 41.6 Å². The van der Waals surface area contributed by atoms with E-state index < -0.39 is 0 Å². The molecule has 0 aromatic rings. The Balaban J connectivity index is 1.58. The maximum Gasteiger partial charge on any atom is 0.223 e. The molecule has 4 nitrogen and oxygen atoms in total. The van der Waals surface area contributed by atoms with Crippen molar-refractivity contribution in [3.05, 3.63) is 0 Å². The van der Waals surface area contributed by atoms with Crippen LogP contribution in [0.2, 0.25) is 0 Å². The lowest BCUT2D eigenvalue weighted by atomic mass is 10.2. The third-order valence-corrected chi connectivity index (χ3v) is 4.69. The lowest BCUT2D eigenvalue weighted by molar-refractivity contribution is -0.131. The molecule has 0 bridgehead atoms. The summed E-state index contributed by atoms with van der Waals surface area (Å²) in [6, 6.07) is 0. The van der Waals surface area contributed by atoms with Gasteiger partial charge < -0.3 is 15.0 Å². The smallest absolute Gasteiger partial charge is 0.223 e. The highest BCUT2D eigenvalue weighted by molar-refractivity contribution is 7.99. The van der Waals surface area contributed by atoms with Gasteiger partial charge in [-0.3, -0.25) is 4.79 Å². The van der Waals surface area contributed by atoms with Crippen molar-refractivity contribution >= 4 is 17.7 Å². The molecule has 2 aliphatic heterocycles. The van der Waals surface area contributed by atoms with Gasteiger partial charge in [0.2, 0.25) is 5.91 Å². The van der Waals surface area contributed by atoms with Gasteiger partial charge in [0, 0.05) is 56.8 Å². The minimum absolute atomic E-state index is 0.325. The molecule has 0 atom stereocenters. The Morgan fingerprint density at radius 1 is 1.29 bits per heavy atom. The van der Waals surface area contributed by atoms with E-state index in [1.807, 2.05) is 16.7 Å². The quantitative estimate of drug-likeness (QED) is 0.807. The molecule has 0 aromatic carbocycles. The van der Waals surface area contributed by atoms with Crippen LogP contribution < -0.4 is 5.32 Å². The molecule has 0 unspecified atom stereocenters. The average Bonchev–Trinajstić information content (AvgIpc) is 2.41. The first kappa shape index (κ1) is 13.2. The van der Waals surface area contributed by atoms with Crippen LogP contribution in [0.25, 0.3) is 0 Å². The summed E-state index contributed by atoms with van der Waals surface area (Å²) >= 11 is 1.95. The van der Waals surface area contributed by atoms with Gasteiger partial charge in [-0.1, -0.05) is 0 Å². The summed E-state index contributed by atoms with van der Waals surface area (Å²) in [6.45, 7) is 5.42. The van der Waals surface area contributed by atoms with E-state index in [0.717, 1.165) is 58.0 Å². The van der Waals surface area contributed by atoms with Gasteiger partial charge in [-0.05, 0) is 12.8 Å². The molecule has 0 radical (unpaired) electrons. The Morgan fingerprint density at radius 3 is 2.71 bits per heavy atom. The Kier molecular flexibility index (Phi) is 5.61. The number of hydrogen-bond acceptors (Lipinski definition) is 4. The fraction of sp³-hybridized carbons (Fsp3) is 0.917. The Labute approximate surface area is 107 Å². The lowest BCUT2D eigenvalue weighted by Crippen LogP contribution is -2.46. The van der Waals surface area contributed by atoms with Crippen LogP contribution in [0.4, 0.5) is 0 Å². The van der Waals surface area contributed by atoms with Gasteiger partial charge in [0.15, 0.2) is 0 Å². The molecule has 5 heteroatoms. The zero-order valence-electron chi connectivity index (χ0n) is 10.3. The number of carbonyl (C=O) groups is 1. The minimum atomic E-state index is 0.325. The van der Waals surface area contributed by atoms with Crippen LogP contribution in [0.15, 0.2) is 0 Å². The Hall–Kier alpha value is -0.260. The van der Waals surface area contributed by atoms with Crippen molar-refractivity contribution in [3.8, 4) is 0 Å². The lowest BCUT2D eigenvalue weighted by Gasteiger charge is -2.28. The molecule has 2 fully saturated rings. The monoisotopic (exact) mass is 258 g/mol. The molecule has 0 aromatic heterocycles. The predicted octanol–water partition coefficient (Wildman–Crippen LogP) is 0.721. The molecular formula is C12H22N2O2S. The molecule has 98 valence electrons. The summed E-state index contributed by atoms with van der Waals surface area (Å²) < 4.78 is 5.33. The summed E-state index contributed by atoms with van der Waals surface area (Å²) in [5.41, 5.74) is 0. The second-order valence-corrected chi connectivity index (χ2v) is 5.97. The van der Waals surface area contributed by atoms with Crippen molar-refractivity contribution in [1.29, 1.82) is 0 Å². The van der Waals surface area contributed by atoms with Crippen LogP contribution in [-0.4, -0.2) is 61.2 Å². The summed E-state index contributed by atoms with van der Waals surface area (Å²) in [7, 11) is 0. The van der Waals surface area contributed by atoms with Gasteiger partial charge in [0.1, 0.15) is 0 Å². The van der Waals surface area contributed by atoms with Crippen LogP contribution in [0.3, 0.4) is 0 Å². The zero-order valence-corrected chi connectivity index (χ0v) is 11.1. The molecule has 0 spiro atoms. The van der Waals surface area contributed by atoms with E-state index >= 15 is 0 Å². The molecular weight excluding hydrogens is 236 g/mol. The largest absolute Gasteiger partial charge is 0.381 e. The van der Waals surface area contributed by atoms with E-state index in [9.17, 15) is 4.79 Å². The summed E-state index contributed by atoms with van der Waals surface area (Å²) in [5.74, 6) is 1.29. The van der Waals surface area contributed by atoms with Crippen molar-refractivity contribution in [2.75, 3.05) is 45.1 Å². The highest BCUT2D eigenvalue weighted by Gasteiger charge is 2.18. The van der Waals surface area contributed by atoms with Crippen molar-refractivity contribution in [3.63, 3.8) is 0 Å². The maximum absolute atomic E-state index is 11.9. The number of ether oxygens (including phenoxy) is 1. The van der Waals surface area contributed by atoms with E-state index in [0.29, 0.717) is 17.6 Å². The van der Waals surface area contributed by atoms with Crippen LogP contribution in [0, 0.1) is 0 Å². The van der Waals surface area contributed by atoms with E-state index in [1.54, 1.807) is 0 Å². The molecule has 2 saturated heterocycles. The fourth-order valence-corrected chi connectivity index (χ4v) is 3.38. The average molecular weight is 258 g/mol. The Bertz CT molecular complexity index is 239. The number of thioether (sulfide) groups is 1. The normalized spacial score (nSPS) is 22.7. The van der Waals surface area contributed by atoms with Gasteiger partial charge in [0.05, 0.1) is 0 Å². The molecule has 1 amide bonds. The highest BCUT2D eigenvalue weighted by atomic mass is 32.2. The summed E-state index contributed by atoms with van der Waals surface area (Å²) in [4.78, 5) is 13.9. The molecule has 17 heavy (non-hydrogen) atoms. The van der Waals surface area contributed by atoms with E-state index in [4.69, 9.17) is 4.74 Å². The highest BCUT2D eigenvalue weighted by Crippen LogP contribution is 2.22. The SMILES string of the molecule is O=C(CCSC1CCOCC1)N1CCNCC1. The number of nitrogens with one attached hydrogen (secondary N) is 1. The number of nitrogens with zero attached hydrogens (tertiary/aromatic N) is 1. The molecule has 2 rings (SSSR count). The number of carbonyl (C=O) groups excluding carboxylic acids is 1. The van der Waals surface area contributed by atoms with Crippen molar-refractivity contribution in [2.24, 2.45) is 0 Å². The second-order valence-electron chi connectivity index (χ2n) is 4.56. The van der Waals surface area contributed by atoms with Crippen molar-refractivity contribution < 1.29 is 9.53 Å². The molecule has 0 saturated carbocycles. The summed E-state index contributed by atoms with van der Waals surface area (Å²) in [5, 5.41) is 3.97. The van der Waals surface area contributed by atoms with Crippen molar-refractivity contribution in [1.82, 2.24) is 10.2 Å². The molecule has 1 N–H and O–H groups in total. The number of rotatable bonds is 4. The first-order valence-electron chi connectivity index (χ1n) is 6.54. The molecule has 2 heterocycles. The minimum Gasteiger partial charge on any atom is -0.381 e. The van der Waals surface area contributed by atoms with Crippen molar-refractivity contribution in [2.45, 2.75) is 24.5 Å². The zero-order chi connectivity index (χ0) is 11.9. The maximum atomic E-state index is 11.9. The van der Waals surface area contributed by atoms with E-state index in [1.165, 1.54) is 0 Å². The van der Waals surface area contributed by atoms with E-state index in [-0.39, 0.29) is 0 Å². The fourth-order valence-electron chi connectivity index (χ4n) is 2.23. The van der Waals surface area contributed by atoms with Crippen LogP contribution in [-0.2, 0) is 9.53 Å². The van der Waals surface area contributed by atoms with Gasteiger partial charge >= 0.3 is 0 Å². The van der Waals surface area contributed by atoms with Crippen LogP contribution in [0.1, 0.15) is 19.3 Å². The summed E-state index contributed by atoms with van der Waals surface area (Å²) in [6.07, 6.45) is 2.99. The first-order valence-corrected chi connectivity index (χ1v) is 7.59. The number of amides is 1. The van der Waals surface area contributed by atoms with Crippen LogP contribution >= 0.6 is 11.8 Å². The van der Waals surface area contributed by atoms with Gasteiger partial charge in [-0.25, -0.2) is 0 Å². The van der Waals surface area contributed by atoms with Crippen LogP contribution in [0.5, 0.6) is 0 Å². The van der Waals surface area contributed by atoms with E-state index in [2.05, 4.69) is 5.32 Å². The van der Waals surface area contributed by atoms with Gasteiger partial charge in [-0.2, -0.15) is 11.8 Å². The third kappa shape index (κ3) is 4.48. The number of piperazine rings is 1. The molecule has 2 aliphatic rings. The Morgan fingerprint density at radius 2 is 2.00 bits per heavy atom. The first-order chi connectivity index (χ1) is 8.36. The second kappa shape index (κ2) is 7.24. The number of hydrogen-bond donors (Lipinski definition) is 1. The van der Waals surface area contributed by atoms with Gasteiger partial charge in [0.25, 0.3) is 0 Å². The molecule has 0 aliphatic carbocycles. The van der Waals surface area contributed by atoms with Gasteiger partial charge in [-0.15, -0.1) is 0 Å². The predicted molar refractivity (Wildman–Crippen MR) is 70.4 cm³/mol.